The van der Waals surface area contributed by atoms with Gasteiger partial charge in [0.1, 0.15) is 5.54 Å². The molecular weight excluding hydrogens is 406 g/mol. The number of nitrogens with zero attached hydrogens (tertiary/aromatic N) is 1. The first kappa shape index (κ1) is 24.1. The van der Waals surface area contributed by atoms with Crippen molar-refractivity contribution in [3.8, 4) is 0 Å². The zero-order chi connectivity index (χ0) is 22.7. The van der Waals surface area contributed by atoms with Crippen LogP contribution < -0.4 is 11.5 Å². The maximum Gasteiger partial charge on any atom is 0.451 e. The molecule has 12 heteroatoms. The first-order valence-electron chi connectivity index (χ1n) is 9.43. The van der Waals surface area contributed by atoms with Gasteiger partial charge in [0.05, 0.1) is 11.6 Å². The Kier molecular flexibility index (Phi) is 7.51. The molecule has 0 radical (unpaired) electrons. The Hall–Kier alpha value is -2.15. The van der Waals surface area contributed by atoms with E-state index in [1.807, 2.05) is 0 Å². The van der Waals surface area contributed by atoms with Crippen LogP contribution in [-0.4, -0.2) is 63.7 Å². The van der Waals surface area contributed by atoms with Crippen molar-refractivity contribution in [2.24, 2.45) is 17.4 Å². The van der Waals surface area contributed by atoms with Crippen LogP contribution in [0, 0.1) is 5.92 Å². The fraction of sp³-hybridized carbons (Fsp3) is 0.556. The number of hydrogen-bond acceptors (Lipinski definition) is 6. The van der Waals surface area contributed by atoms with E-state index in [-0.39, 0.29) is 32.3 Å². The summed E-state index contributed by atoms with van der Waals surface area (Å²) in [6, 6.07) is 3.23. The predicted octanol–water partition coefficient (Wildman–Crippen LogP) is 0.0687. The average Bonchev–Trinajstić information content (AvgIpc) is 2.98. The number of amides is 1. The fourth-order valence-electron chi connectivity index (χ4n) is 3.65. The standard InChI is InChI=1S/C18H25BF3N3O5/c20-18(21,22)12-5-3-11(4-6-12)8-14(23)15(26)25-9-13(2-1-7-19(29)30)17(24,10-25)16(27)28/h3-6,13-14,29-30H,1-2,7-10,23-24H2,(H,27,28)/t13-,14?,17-/m0/s1. The monoisotopic (exact) mass is 431 g/mol. The van der Waals surface area contributed by atoms with Crippen LogP contribution in [0.2, 0.25) is 6.32 Å². The molecule has 0 aromatic heterocycles. The van der Waals surface area contributed by atoms with Crippen molar-refractivity contribution in [2.75, 3.05) is 13.1 Å². The second-order valence-electron chi connectivity index (χ2n) is 7.68. The first-order chi connectivity index (χ1) is 13.8. The molecule has 1 aliphatic heterocycles. The summed E-state index contributed by atoms with van der Waals surface area (Å²) in [4.78, 5) is 25.6. The van der Waals surface area contributed by atoms with Gasteiger partial charge in [-0.3, -0.25) is 9.59 Å². The molecule has 2 rings (SSSR count). The molecule has 3 atom stereocenters. The van der Waals surface area contributed by atoms with Gasteiger partial charge in [-0.25, -0.2) is 0 Å². The van der Waals surface area contributed by atoms with Crippen molar-refractivity contribution < 1.29 is 37.9 Å². The van der Waals surface area contributed by atoms with E-state index in [9.17, 15) is 27.9 Å². The summed E-state index contributed by atoms with van der Waals surface area (Å²) in [5.74, 6) is -2.42. The van der Waals surface area contributed by atoms with Gasteiger partial charge in [0.15, 0.2) is 0 Å². The fourth-order valence-corrected chi connectivity index (χ4v) is 3.65. The zero-order valence-electron chi connectivity index (χ0n) is 16.2. The number of carboxylic acids is 1. The molecule has 8 nitrogen and oxygen atoms in total. The molecular formula is C18H25BF3N3O5. The summed E-state index contributed by atoms with van der Waals surface area (Å²) in [7, 11) is -1.52. The lowest BCUT2D eigenvalue weighted by Crippen LogP contribution is -2.55. The number of aliphatic carboxylic acids is 1. The number of halogens is 3. The minimum Gasteiger partial charge on any atom is -0.480 e. The van der Waals surface area contributed by atoms with E-state index in [0.717, 1.165) is 12.1 Å². The highest BCUT2D eigenvalue weighted by atomic mass is 19.4. The summed E-state index contributed by atoms with van der Waals surface area (Å²) in [6.45, 7) is -0.210. The number of rotatable bonds is 8. The number of benzene rings is 1. The van der Waals surface area contributed by atoms with Gasteiger partial charge < -0.3 is 31.5 Å². The predicted molar refractivity (Wildman–Crippen MR) is 102 cm³/mol. The summed E-state index contributed by atoms with van der Waals surface area (Å²) >= 11 is 0. The Morgan fingerprint density at radius 2 is 1.87 bits per heavy atom. The molecule has 1 heterocycles. The zero-order valence-corrected chi connectivity index (χ0v) is 16.2. The van der Waals surface area contributed by atoms with Gasteiger partial charge in [0.2, 0.25) is 5.91 Å². The smallest absolute Gasteiger partial charge is 0.451 e. The largest absolute Gasteiger partial charge is 0.480 e. The lowest BCUT2D eigenvalue weighted by atomic mass is 9.78. The molecule has 30 heavy (non-hydrogen) atoms. The molecule has 0 aliphatic carbocycles. The second kappa shape index (κ2) is 9.33. The number of carbonyl (C=O) groups is 2. The average molecular weight is 431 g/mol. The van der Waals surface area contributed by atoms with Gasteiger partial charge >= 0.3 is 19.3 Å². The Balaban J connectivity index is 2.03. The Morgan fingerprint density at radius 3 is 2.37 bits per heavy atom. The van der Waals surface area contributed by atoms with Gasteiger partial charge in [-0.15, -0.1) is 0 Å². The Bertz CT molecular complexity index is 762. The van der Waals surface area contributed by atoms with Crippen LogP contribution in [0.15, 0.2) is 24.3 Å². The highest BCUT2D eigenvalue weighted by Crippen LogP contribution is 2.31. The van der Waals surface area contributed by atoms with Gasteiger partial charge in [-0.2, -0.15) is 13.2 Å². The Labute approximate surface area is 171 Å². The minimum absolute atomic E-state index is 0.0144. The van der Waals surface area contributed by atoms with Crippen LogP contribution in [0.4, 0.5) is 13.2 Å². The van der Waals surface area contributed by atoms with E-state index in [1.165, 1.54) is 17.0 Å². The highest BCUT2D eigenvalue weighted by Gasteiger charge is 2.51. The lowest BCUT2D eigenvalue weighted by molar-refractivity contribution is -0.144. The lowest BCUT2D eigenvalue weighted by Gasteiger charge is -2.25. The molecule has 1 unspecified atom stereocenters. The first-order valence-corrected chi connectivity index (χ1v) is 9.43. The minimum atomic E-state index is -4.46. The molecule has 0 bridgehead atoms. The van der Waals surface area contributed by atoms with E-state index >= 15 is 0 Å². The van der Waals surface area contributed by atoms with Crippen molar-refractivity contribution in [3.05, 3.63) is 35.4 Å². The van der Waals surface area contributed by atoms with Crippen molar-refractivity contribution in [1.82, 2.24) is 4.90 Å². The van der Waals surface area contributed by atoms with Crippen molar-refractivity contribution >= 4 is 19.0 Å². The number of nitrogens with two attached hydrogens (primary N) is 2. The summed E-state index contributed by atoms with van der Waals surface area (Å²) < 4.78 is 37.9. The number of carbonyl (C=O) groups excluding carboxylic acids is 1. The topological polar surface area (TPSA) is 150 Å². The van der Waals surface area contributed by atoms with Gasteiger partial charge in [0.25, 0.3) is 0 Å². The molecule has 1 aromatic carbocycles. The molecule has 1 aromatic rings. The van der Waals surface area contributed by atoms with Crippen molar-refractivity contribution in [1.29, 1.82) is 0 Å². The SMILES string of the molecule is NC(Cc1ccc(C(F)(F)F)cc1)C(=O)N1C[C@H](CCCB(O)O)[C@](N)(C(=O)O)C1. The van der Waals surface area contributed by atoms with Crippen molar-refractivity contribution in [3.63, 3.8) is 0 Å². The molecule has 0 saturated carbocycles. The summed E-state index contributed by atoms with van der Waals surface area (Å²) in [6.07, 6.45) is -3.84. The molecule has 166 valence electrons. The van der Waals surface area contributed by atoms with Gasteiger partial charge in [-0.1, -0.05) is 18.6 Å². The third-order valence-corrected chi connectivity index (χ3v) is 5.40. The van der Waals surface area contributed by atoms with Crippen LogP contribution in [0.1, 0.15) is 24.0 Å². The normalized spacial score (nSPS) is 22.8. The quantitative estimate of drug-likeness (QED) is 0.366. The third-order valence-electron chi connectivity index (χ3n) is 5.40. The highest BCUT2D eigenvalue weighted by molar-refractivity contribution is 6.40. The second-order valence-corrected chi connectivity index (χ2v) is 7.68. The molecule has 1 saturated heterocycles. The van der Waals surface area contributed by atoms with Gasteiger partial charge in [-0.05, 0) is 36.9 Å². The van der Waals surface area contributed by atoms with Crippen LogP contribution in [0.25, 0.3) is 0 Å². The summed E-state index contributed by atoms with van der Waals surface area (Å²) in [5, 5.41) is 27.4. The maximum absolute atomic E-state index is 12.7. The van der Waals surface area contributed by atoms with E-state index < -0.39 is 48.2 Å². The van der Waals surface area contributed by atoms with Crippen LogP contribution >= 0.6 is 0 Å². The van der Waals surface area contributed by atoms with E-state index in [2.05, 4.69) is 0 Å². The van der Waals surface area contributed by atoms with E-state index in [0.29, 0.717) is 12.0 Å². The van der Waals surface area contributed by atoms with Crippen molar-refractivity contribution in [2.45, 2.75) is 43.3 Å². The van der Waals surface area contributed by atoms with Crippen LogP contribution in [0.5, 0.6) is 0 Å². The van der Waals surface area contributed by atoms with E-state index in [4.69, 9.17) is 21.5 Å². The van der Waals surface area contributed by atoms with Crippen LogP contribution in [0.3, 0.4) is 0 Å². The third kappa shape index (κ3) is 5.72. The van der Waals surface area contributed by atoms with E-state index in [1.54, 1.807) is 0 Å². The number of carboxylic acid groups (broad SMARTS) is 1. The molecule has 1 amide bonds. The number of likely N-dealkylation sites (tertiary alicyclic amines) is 1. The maximum atomic E-state index is 12.7. The molecule has 1 aliphatic rings. The van der Waals surface area contributed by atoms with Crippen LogP contribution in [-0.2, 0) is 22.2 Å². The molecule has 0 spiro atoms. The number of hydrogen-bond donors (Lipinski definition) is 5. The van der Waals surface area contributed by atoms with Gasteiger partial charge in [0, 0.05) is 19.0 Å². The molecule has 1 fully saturated rings. The molecule has 7 N–H and O–H groups in total. The number of alkyl halides is 3. The summed E-state index contributed by atoms with van der Waals surface area (Å²) in [5.41, 5.74) is 9.91. The Morgan fingerprint density at radius 1 is 1.27 bits per heavy atom.